The maximum Gasteiger partial charge on any atom is 0.309 e. The number of hydrogen-bond acceptors (Lipinski definition) is 5. The summed E-state index contributed by atoms with van der Waals surface area (Å²) < 4.78 is 15.6. The van der Waals surface area contributed by atoms with Gasteiger partial charge in [-0.25, -0.2) is 0 Å². The summed E-state index contributed by atoms with van der Waals surface area (Å²) in [5.74, 6) is 0.808. The Morgan fingerprint density at radius 3 is 2.74 bits per heavy atom. The fourth-order valence-electron chi connectivity index (χ4n) is 2.90. The molecule has 6 nitrogen and oxygen atoms in total. The van der Waals surface area contributed by atoms with E-state index in [1.807, 2.05) is 18.2 Å². The van der Waals surface area contributed by atoms with Gasteiger partial charge in [0.25, 0.3) is 5.91 Å². The number of nitrogens with one attached hydrogen (secondary N) is 1. The molecule has 124 valence electrons. The Labute approximate surface area is 135 Å². The lowest BCUT2D eigenvalue weighted by Crippen LogP contribution is -2.30. The van der Waals surface area contributed by atoms with Gasteiger partial charge < -0.3 is 19.5 Å². The molecule has 1 aliphatic carbocycles. The molecule has 3 rings (SSSR count). The van der Waals surface area contributed by atoms with Crippen LogP contribution in [0.15, 0.2) is 18.2 Å². The molecule has 1 aromatic carbocycles. The van der Waals surface area contributed by atoms with Crippen LogP contribution in [0.4, 0.5) is 0 Å². The van der Waals surface area contributed by atoms with E-state index < -0.39 is 0 Å². The molecular weight excluding hydrogens is 298 g/mol. The SMILES string of the molecule is O=C(COC(=O)C1CCCCC1)NCc1ccc2c(c1)OCO2. The highest BCUT2D eigenvalue weighted by atomic mass is 16.7. The van der Waals surface area contributed by atoms with Crippen molar-refractivity contribution in [1.82, 2.24) is 5.32 Å². The molecule has 0 unspecified atom stereocenters. The average molecular weight is 319 g/mol. The first-order valence-electron chi connectivity index (χ1n) is 8.04. The molecular formula is C17H21NO5. The number of amides is 1. The van der Waals surface area contributed by atoms with Crippen LogP contribution in [0.5, 0.6) is 11.5 Å². The highest BCUT2D eigenvalue weighted by Crippen LogP contribution is 2.32. The van der Waals surface area contributed by atoms with Gasteiger partial charge in [-0.05, 0) is 30.5 Å². The van der Waals surface area contributed by atoms with Crippen molar-refractivity contribution >= 4 is 11.9 Å². The minimum Gasteiger partial charge on any atom is -0.455 e. The van der Waals surface area contributed by atoms with Crippen LogP contribution in [0.3, 0.4) is 0 Å². The number of rotatable bonds is 5. The van der Waals surface area contributed by atoms with E-state index in [1.165, 1.54) is 6.42 Å². The normalized spacial score (nSPS) is 16.9. The predicted octanol–water partition coefficient (Wildman–Crippen LogP) is 2.16. The first kappa shape index (κ1) is 15.6. The van der Waals surface area contributed by atoms with Crippen LogP contribution in [0.1, 0.15) is 37.7 Å². The van der Waals surface area contributed by atoms with E-state index in [-0.39, 0.29) is 31.2 Å². The van der Waals surface area contributed by atoms with E-state index in [0.29, 0.717) is 18.0 Å². The monoisotopic (exact) mass is 319 g/mol. The van der Waals surface area contributed by atoms with Gasteiger partial charge >= 0.3 is 5.97 Å². The average Bonchev–Trinajstić information content (AvgIpc) is 3.06. The number of hydrogen-bond donors (Lipinski definition) is 1. The molecule has 1 amide bonds. The Kier molecular flexibility index (Phi) is 5.00. The molecule has 1 N–H and O–H groups in total. The van der Waals surface area contributed by atoms with Gasteiger partial charge in [-0.2, -0.15) is 0 Å². The second kappa shape index (κ2) is 7.35. The summed E-state index contributed by atoms with van der Waals surface area (Å²) in [6, 6.07) is 5.51. The second-order valence-corrected chi connectivity index (χ2v) is 5.91. The molecule has 1 aromatic rings. The Morgan fingerprint density at radius 2 is 1.91 bits per heavy atom. The van der Waals surface area contributed by atoms with Crippen molar-refractivity contribution in [2.24, 2.45) is 5.92 Å². The molecule has 1 fully saturated rings. The molecule has 0 radical (unpaired) electrons. The Hall–Kier alpha value is -2.24. The maximum absolute atomic E-state index is 11.9. The lowest BCUT2D eigenvalue weighted by Gasteiger charge is -2.19. The van der Waals surface area contributed by atoms with Gasteiger partial charge in [0.2, 0.25) is 6.79 Å². The molecule has 0 atom stereocenters. The zero-order valence-electron chi connectivity index (χ0n) is 13.0. The Bertz CT molecular complexity index is 580. The summed E-state index contributed by atoms with van der Waals surface area (Å²) in [7, 11) is 0. The molecule has 2 aliphatic rings. The maximum atomic E-state index is 11.9. The first-order chi connectivity index (χ1) is 11.2. The summed E-state index contributed by atoms with van der Waals surface area (Å²) in [6.45, 7) is 0.360. The first-order valence-corrected chi connectivity index (χ1v) is 8.04. The van der Waals surface area contributed by atoms with E-state index >= 15 is 0 Å². The van der Waals surface area contributed by atoms with Crippen LogP contribution in [0.2, 0.25) is 0 Å². The summed E-state index contributed by atoms with van der Waals surface area (Å²) in [4.78, 5) is 23.7. The number of carbonyl (C=O) groups excluding carboxylic acids is 2. The third-order valence-electron chi connectivity index (χ3n) is 4.21. The van der Waals surface area contributed by atoms with Crippen molar-refractivity contribution < 1.29 is 23.8 Å². The van der Waals surface area contributed by atoms with Gasteiger partial charge in [-0.3, -0.25) is 9.59 Å². The van der Waals surface area contributed by atoms with E-state index in [0.717, 1.165) is 31.2 Å². The number of benzene rings is 1. The number of ether oxygens (including phenoxy) is 3. The smallest absolute Gasteiger partial charge is 0.309 e. The minimum absolute atomic E-state index is 0.0367. The zero-order chi connectivity index (χ0) is 16.1. The molecule has 0 aromatic heterocycles. The van der Waals surface area contributed by atoms with E-state index in [1.54, 1.807) is 0 Å². The van der Waals surface area contributed by atoms with Crippen molar-refractivity contribution in [1.29, 1.82) is 0 Å². The van der Waals surface area contributed by atoms with E-state index in [4.69, 9.17) is 14.2 Å². The van der Waals surface area contributed by atoms with Crippen molar-refractivity contribution in [3.05, 3.63) is 23.8 Å². The largest absolute Gasteiger partial charge is 0.455 e. The fraction of sp³-hybridized carbons (Fsp3) is 0.529. The third-order valence-corrected chi connectivity index (χ3v) is 4.21. The summed E-state index contributed by atoms with van der Waals surface area (Å²) in [6.07, 6.45) is 5.06. The topological polar surface area (TPSA) is 73.9 Å². The molecule has 23 heavy (non-hydrogen) atoms. The van der Waals surface area contributed by atoms with E-state index in [2.05, 4.69) is 5.32 Å². The van der Waals surface area contributed by atoms with Gasteiger partial charge in [0.05, 0.1) is 5.92 Å². The molecule has 0 spiro atoms. The van der Waals surface area contributed by atoms with Crippen molar-refractivity contribution in [2.45, 2.75) is 38.6 Å². The summed E-state index contributed by atoms with van der Waals surface area (Å²) in [5, 5.41) is 2.74. The summed E-state index contributed by atoms with van der Waals surface area (Å²) in [5.41, 5.74) is 0.904. The van der Waals surface area contributed by atoms with Crippen LogP contribution >= 0.6 is 0 Å². The van der Waals surface area contributed by atoms with Gasteiger partial charge in [0.15, 0.2) is 18.1 Å². The molecule has 1 aliphatic heterocycles. The molecule has 0 bridgehead atoms. The van der Waals surface area contributed by atoms with Crippen LogP contribution < -0.4 is 14.8 Å². The third kappa shape index (κ3) is 4.15. The van der Waals surface area contributed by atoms with Crippen molar-refractivity contribution in [3.8, 4) is 11.5 Å². The highest BCUT2D eigenvalue weighted by Gasteiger charge is 2.23. The fourth-order valence-corrected chi connectivity index (χ4v) is 2.90. The highest BCUT2D eigenvalue weighted by molar-refractivity contribution is 5.81. The van der Waals surface area contributed by atoms with Crippen LogP contribution in [0.25, 0.3) is 0 Å². The number of esters is 1. The molecule has 6 heteroatoms. The number of fused-ring (bicyclic) bond motifs is 1. The standard InChI is InChI=1S/C17H21NO5/c19-16(10-21-17(20)13-4-2-1-3-5-13)18-9-12-6-7-14-15(8-12)23-11-22-14/h6-8,13H,1-5,9-11H2,(H,18,19). The van der Waals surface area contributed by atoms with Crippen LogP contribution in [-0.2, 0) is 20.9 Å². The van der Waals surface area contributed by atoms with E-state index in [9.17, 15) is 9.59 Å². The van der Waals surface area contributed by atoms with Gasteiger partial charge in [-0.1, -0.05) is 25.3 Å². The lowest BCUT2D eigenvalue weighted by atomic mass is 9.89. The van der Waals surface area contributed by atoms with Gasteiger partial charge in [0.1, 0.15) is 0 Å². The summed E-state index contributed by atoms with van der Waals surface area (Å²) >= 11 is 0. The lowest BCUT2D eigenvalue weighted by molar-refractivity contribution is -0.153. The minimum atomic E-state index is -0.299. The second-order valence-electron chi connectivity index (χ2n) is 5.91. The van der Waals surface area contributed by atoms with Crippen LogP contribution in [0, 0.1) is 5.92 Å². The quantitative estimate of drug-likeness (QED) is 0.842. The molecule has 1 heterocycles. The Balaban J connectivity index is 1.40. The Morgan fingerprint density at radius 1 is 1.13 bits per heavy atom. The van der Waals surface area contributed by atoms with Crippen molar-refractivity contribution in [2.75, 3.05) is 13.4 Å². The van der Waals surface area contributed by atoms with Gasteiger partial charge in [0, 0.05) is 6.54 Å². The van der Waals surface area contributed by atoms with Crippen LogP contribution in [-0.4, -0.2) is 25.3 Å². The van der Waals surface area contributed by atoms with Gasteiger partial charge in [-0.15, -0.1) is 0 Å². The van der Waals surface area contributed by atoms with Crippen molar-refractivity contribution in [3.63, 3.8) is 0 Å². The predicted molar refractivity (Wildman–Crippen MR) is 81.9 cm³/mol. The molecule has 1 saturated carbocycles. The zero-order valence-corrected chi connectivity index (χ0v) is 13.0. The molecule has 0 saturated heterocycles. The number of carbonyl (C=O) groups is 2.